The fourth-order valence-corrected chi connectivity index (χ4v) is 9.36. The molecule has 0 aromatic heterocycles. The van der Waals surface area contributed by atoms with E-state index in [4.69, 9.17) is 24.4 Å². The average Bonchev–Trinajstić information content (AvgIpc) is 2.84. The maximum absolute atomic E-state index is 15.2. The number of rotatable bonds is 9. The molecule has 0 fully saturated rings. The van der Waals surface area contributed by atoms with Crippen LogP contribution in [0.3, 0.4) is 0 Å². The van der Waals surface area contributed by atoms with Gasteiger partial charge < -0.3 is 4.57 Å². The first-order valence-electron chi connectivity index (χ1n) is 11.4. The smallest absolute Gasteiger partial charge is 0.158 e. The molecule has 3 aromatic rings. The molecule has 0 aliphatic heterocycles. The summed E-state index contributed by atoms with van der Waals surface area (Å²) in [6, 6.07) is 30.5. The second-order valence-corrected chi connectivity index (χ2v) is 14.0. The van der Waals surface area contributed by atoms with E-state index >= 15 is 4.57 Å². The summed E-state index contributed by atoms with van der Waals surface area (Å²) in [5.41, 5.74) is 2.16. The molecule has 1 nitrogen and oxygen atoms in total. The Labute approximate surface area is 210 Å². The van der Waals surface area contributed by atoms with Gasteiger partial charge in [-0.15, -0.1) is 0 Å². The molecule has 0 aliphatic rings. The molecular weight excluding hydrogens is 459 g/mol. The van der Waals surface area contributed by atoms with Gasteiger partial charge in [0, 0.05) is 17.0 Å². The van der Waals surface area contributed by atoms with Crippen molar-refractivity contribution in [2.75, 3.05) is 6.16 Å². The van der Waals surface area contributed by atoms with Gasteiger partial charge in [-0.25, -0.2) is 0 Å². The highest BCUT2D eigenvalue weighted by atomic mass is 32.1. The monoisotopic (exact) mass is 492 g/mol. The van der Waals surface area contributed by atoms with Crippen LogP contribution in [0.15, 0.2) is 91.0 Å². The van der Waals surface area contributed by atoms with E-state index in [2.05, 4.69) is 71.0 Å². The van der Waals surface area contributed by atoms with Crippen molar-refractivity contribution in [3.8, 4) is 0 Å². The van der Waals surface area contributed by atoms with Crippen LogP contribution >= 0.6 is 31.6 Å². The molecule has 3 aromatic carbocycles. The van der Waals surface area contributed by atoms with Crippen molar-refractivity contribution < 1.29 is 4.57 Å². The van der Waals surface area contributed by atoms with E-state index in [1.54, 1.807) is 0 Å². The van der Waals surface area contributed by atoms with E-state index in [0.717, 1.165) is 16.7 Å². The Bertz CT molecular complexity index is 1080. The quantitative estimate of drug-likeness (QED) is 0.219. The fraction of sp³-hybridized carbons (Fsp3) is 0.310. The van der Waals surface area contributed by atoms with Crippen molar-refractivity contribution in [1.82, 2.24) is 0 Å². The van der Waals surface area contributed by atoms with Crippen molar-refractivity contribution in [2.45, 2.75) is 51.4 Å². The summed E-state index contributed by atoms with van der Waals surface area (Å²) in [6.45, 7) is 10.4. The third-order valence-corrected chi connectivity index (χ3v) is 12.9. The van der Waals surface area contributed by atoms with Crippen LogP contribution in [0.25, 0.3) is 0 Å². The molecule has 0 N–H and O–H groups in total. The minimum Gasteiger partial charge on any atom is -0.313 e. The van der Waals surface area contributed by atoms with Crippen molar-refractivity contribution in [1.29, 1.82) is 0 Å². The molecule has 0 saturated carbocycles. The number of benzene rings is 3. The van der Waals surface area contributed by atoms with E-state index in [1.165, 1.54) is 0 Å². The largest absolute Gasteiger partial charge is 0.313 e. The van der Waals surface area contributed by atoms with Gasteiger partial charge >= 0.3 is 0 Å². The predicted octanol–water partition coefficient (Wildman–Crippen LogP) is 8.76. The van der Waals surface area contributed by atoms with E-state index < -0.39 is 18.0 Å². The predicted molar refractivity (Wildman–Crippen MR) is 151 cm³/mol. The van der Waals surface area contributed by atoms with Crippen LogP contribution in [0, 0.1) is 0 Å². The zero-order valence-corrected chi connectivity index (χ0v) is 22.6. The highest BCUT2D eigenvalue weighted by molar-refractivity contribution is 8.16. The first-order chi connectivity index (χ1) is 15.5. The molecule has 4 heteroatoms. The lowest BCUT2D eigenvalue weighted by molar-refractivity contribution is 0.581. The van der Waals surface area contributed by atoms with Crippen LogP contribution < -0.4 is 0 Å². The van der Waals surface area contributed by atoms with Crippen molar-refractivity contribution in [3.63, 3.8) is 0 Å². The summed E-state index contributed by atoms with van der Waals surface area (Å²) in [4.78, 5) is 0. The molecular formula is C29H33OPS2. The van der Waals surface area contributed by atoms with Crippen molar-refractivity contribution >= 4 is 40.8 Å². The molecule has 0 saturated heterocycles. The van der Waals surface area contributed by atoms with Gasteiger partial charge in [0.25, 0.3) is 0 Å². The second kappa shape index (κ2) is 10.1. The lowest BCUT2D eigenvalue weighted by atomic mass is 9.86. The minimum absolute atomic E-state index is 0.0612. The van der Waals surface area contributed by atoms with Crippen LogP contribution in [0.1, 0.15) is 57.2 Å². The van der Waals surface area contributed by atoms with Crippen LogP contribution in [0.2, 0.25) is 0 Å². The Morgan fingerprint density at radius 2 is 1.03 bits per heavy atom. The van der Waals surface area contributed by atoms with Crippen LogP contribution in [-0.4, -0.2) is 15.4 Å². The van der Waals surface area contributed by atoms with E-state index in [1.807, 2.05) is 54.6 Å². The van der Waals surface area contributed by atoms with Crippen LogP contribution in [-0.2, 0) is 15.4 Å². The van der Waals surface area contributed by atoms with E-state index in [0.29, 0.717) is 15.4 Å². The molecule has 3 rings (SSSR count). The molecule has 0 heterocycles. The van der Waals surface area contributed by atoms with Crippen molar-refractivity contribution in [3.05, 3.63) is 108 Å². The number of thiocarbonyl (C=S) groups is 2. The maximum atomic E-state index is 15.2. The van der Waals surface area contributed by atoms with Crippen LogP contribution in [0.4, 0.5) is 0 Å². The summed E-state index contributed by atoms with van der Waals surface area (Å²) in [5.74, 6) is 0.0612. The van der Waals surface area contributed by atoms with E-state index in [9.17, 15) is 0 Å². The summed E-state index contributed by atoms with van der Waals surface area (Å²) in [5, 5.41) is 0. The minimum atomic E-state index is -3.23. The lowest BCUT2D eigenvalue weighted by Crippen LogP contribution is -2.36. The summed E-state index contributed by atoms with van der Waals surface area (Å²) in [6.07, 6.45) is 0.432. The van der Waals surface area contributed by atoms with Gasteiger partial charge in [0.15, 0.2) is 7.14 Å². The third kappa shape index (κ3) is 5.27. The van der Waals surface area contributed by atoms with Crippen LogP contribution in [0.5, 0.6) is 0 Å². The average molecular weight is 493 g/mol. The second-order valence-electron chi connectivity index (χ2n) is 9.83. The molecule has 172 valence electrons. The Balaban J connectivity index is 2.10. The van der Waals surface area contributed by atoms with Gasteiger partial charge in [-0.05, 0) is 22.6 Å². The van der Waals surface area contributed by atoms with Gasteiger partial charge in [0.1, 0.15) is 0 Å². The fourth-order valence-electron chi connectivity index (χ4n) is 4.39. The van der Waals surface area contributed by atoms with Gasteiger partial charge in [-0.2, -0.15) is 0 Å². The molecule has 0 spiro atoms. The zero-order chi connectivity index (χ0) is 24.3. The third-order valence-electron chi connectivity index (χ3n) is 6.62. The highest BCUT2D eigenvalue weighted by Crippen LogP contribution is 2.60. The SMILES string of the molecule is CC(CP(=O)(C(=S)C(C)(C)c1ccccc1)C(=S)C(C)(C)c1ccccc1)c1ccccc1. The van der Waals surface area contributed by atoms with Gasteiger partial charge in [-0.3, -0.25) is 0 Å². The zero-order valence-electron chi connectivity index (χ0n) is 20.1. The number of hydrogen-bond acceptors (Lipinski definition) is 3. The Kier molecular flexibility index (Phi) is 7.89. The molecule has 0 bridgehead atoms. The molecule has 1 unspecified atom stereocenters. The number of hydrogen-bond donors (Lipinski definition) is 0. The van der Waals surface area contributed by atoms with Gasteiger partial charge in [0.2, 0.25) is 0 Å². The summed E-state index contributed by atoms with van der Waals surface area (Å²) >= 11 is 12.2. The summed E-state index contributed by atoms with van der Waals surface area (Å²) in [7, 11) is -3.23. The lowest BCUT2D eigenvalue weighted by Gasteiger charge is -2.38. The van der Waals surface area contributed by atoms with E-state index in [-0.39, 0.29) is 5.92 Å². The molecule has 33 heavy (non-hydrogen) atoms. The topological polar surface area (TPSA) is 17.1 Å². The maximum Gasteiger partial charge on any atom is 0.158 e. The molecule has 0 aliphatic carbocycles. The Morgan fingerprint density at radius 3 is 1.39 bits per heavy atom. The molecule has 0 amide bonds. The molecule has 0 radical (unpaired) electrons. The standard InChI is InChI=1S/C29H33OPS2/c1-22(23-15-9-6-10-16-23)21-31(30,26(32)28(2,3)24-17-11-7-12-18-24)27(33)29(4,5)25-19-13-8-14-20-25/h6-20,22H,21H2,1-5H3. The van der Waals surface area contributed by atoms with Crippen molar-refractivity contribution in [2.24, 2.45) is 0 Å². The first-order valence-corrected chi connectivity index (χ1v) is 14.1. The highest BCUT2D eigenvalue weighted by Gasteiger charge is 2.47. The van der Waals surface area contributed by atoms with Gasteiger partial charge in [0.05, 0.1) is 9.21 Å². The molecule has 1 atom stereocenters. The Hall–Kier alpha value is -1.93. The Morgan fingerprint density at radius 1 is 0.697 bits per heavy atom. The van der Waals surface area contributed by atoms with Gasteiger partial charge in [-0.1, -0.05) is 150 Å². The summed E-state index contributed by atoms with van der Waals surface area (Å²) < 4.78 is 16.3. The normalized spacial score (nSPS) is 13.4. The first kappa shape index (κ1) is 25.7.